The molecular weight excluding hydrogens is 308 g/mol. The van der Waals surface area contributed by atoms with E-state index in [1.54, 1.807) is 18.3 Å². The highest BCUT2D eigenvalue weighted by Gasteiger charge is 2.14. The first-order chi connectivity index (χ1) is 11.8. The van der Waals surface area contributed by atoms with Crippen LogP contribution in [-0.2, 0) is 11.2 Å². The van der Waals surface area contributed by atoms with Crippen molar-refractivity contribution in [1.82, 2.24) is 5.43 Å². The standard InChI is InChI=1S/C18H18N2O4/c1-2-22-15-6-4-3-5-14(15)11-19-20-18(21)10-13-7-8-16-17(9-13)24-12-23-16/h3-9,11H,2,10,12H2,1H3,(H,20,21)/b19-11-. The predicted molar refractivity (Wildman–Crippen MR) is 89.6 cm³/mol. The molecule has 2 aromatic rings. The number of hydrogen-bond acceptors (Lipinski definition) is 5. The number of hydrogen-bond donors (Lipinski definition) is 1. The molecule has 0 atom stereocenters. The molecule has 0 saturated heterocycles. The van der Waals surface area contributed by atoms with Gasteiger partial charge in [-0.3, -0.25) is 4.79 Å². The number of fused-ring (bicyclic) bond motifs is 1. The third kappa shape index (κ3) is 3.84. The van der Waals surface area contributed by atoms with E-state index < -0.39 is 0 Å². The number of para-hydroxylation sites is 1. The van der Waals surface area contributed by atoms with Crippen molar-refractivity contribution < 1.29 is 19.0 Å². The molecule has 0 spiro atoms. The molecule has 1 amide bonds. The van der Waals surface area contributed by atoms with Crippen LogP contribution in [0.1, 0.15) is 18.1 Å². The van der Waals surface area contributed by atoms with Gasteiger partial charge in [0.2, 0.25) is 12.7 Å². The summed E-state index contributed by atoms with van der Waals surface area (Å²) in [6, 6.07) is 12.9. The zero-order valence-corrected chi connectivity index (χ0v) is 13.3. The van der Waals surface area contributed by atoms with Gasteiger partial charge in [-0.25, -0.2) is 5.43 Å². The molecular formula is C18H18N2O4. The van der Waals surface area contributed by atoms with E-state index in [2.05, 4.69) is 10.5 Å². The van der Waals surface area contributed by atoms with Crippen molar-refractivity contribution in [3.8, 4) is 17.2 Å². The van der Waals surface area contributed by atoms with E-state index in [4.69, 9.17) is 14.2 Å². The first-order valence-corrected chi connectivity index (χ1v) is 7.68. The van der Waals surface area contributed by atoms with Crippen molar-refractivity contribution in [2.24, 2.45) is 5.10 Å². The fourth-order valence-corrected chi connectivity index (χ4v) is 2.32. The summed E-state index contributed by atoms with van der Waals surface area (Å²) < 4.78 is 16.0. The maximum atomic E-state index is 12.0. The highest BCUT2D eigenvalue weighted by Crippen LogP contribution is 2.32. The molecule has 0 bridgehead atoms. The maximum Gasteiger partial charge on any atom is 0.244 e. The van der Waals surface area contributed by atoms with Crippen LogP contribution >= 0.6 is 0 Å². The Morgan fingerprint density at radius 3 is 2.96 bits per heavy atom. The molecule has 124 valence electrons. The lowest BCUT2D eigenvalue weighted by molar-refractivity contribution is -0.120. The molecule has 0 unspecified atom stereocenters. The molecule has 3 rings (SSSR count). The summed E-state index contributed by atoms with van der Waals surface area (Å²) in [6.07, 6.45) is 1.78. The minimum absolute atomic E-state index is 0.209. The number of ether oxygens (including phenoxy) is 3. The minimum atomic E-state index is -0.209. The van der Waals surface area contributed by atoms with Crippen LogP contribution in [0.15, 0.2) is 47.6 Å². The largest absolute Gasteiger partial charge is 0.493 e. The molecule has 0 fully saturated rings. The Morgan fingerprint density at radius 1 is 1.25 bits per heavy atom. The van der Waals surface area contributed by atoms with Crippen molar-refractivity contribution in [3.05, 3.63) is 53.6 Å². The van der Waals surface area contributed by atoms with E-state index in [1.807, 2.05) is 37.3 Å². The van der Waals surface area contributed by atoms with Gasteiger partial charge in [-0.2, -0.15) is 5.10 Å². The Balaban J connectivity index is 1.58. The molecule has 6 heteroatoms. The summed E-state index contributed by atoms with van der Waals surface area (Å²) in [6.45, 7) is 2.71. The summed E-state index contributed by atoms with van der Waals surface area (Å²) in [5.41, 5.74) is 4.16. The SMILES string of the molecule is CCOc1ccccc1/C=N\NC(=O)Cc1ccc2c(c1)OCO2. The van der Waals surface area contributed by atoms with E-state index in [9.17, 15) is 4.79 Å². The number of hydrazone groups is 1. The first-order valence-electron chi connectivity index (χ1n) is 7.68. The number of rotatable bonds is 6. The summed E-state index contributed by atoms with van der Waals surface area (Å²) in [5, 5.41) is 3.99. The quantitative estimate of drug-likeness (QED) is 0.654. The van der Waals surface area contributed by atoms with Gasteiger partial charge in [0.1, 0.15) is 5.75 Å². The minimum Gasteiger partial charge on any atom is -0.493 e. The zero-order valence-electron chi connectivity index (χ0n) is 13.3. The van der Waals surface area contributed by atoms with Gasteiger partial charge < -0.3 is 14.2 Å². The molecule has 1 aliphatic rings. The monoisotopic (exact) mass is 326 g/mol. The lowest BCUT2D eigenvalue weighted by Crippen LogP contribution is -2.19. The van der Waals surface area contributed by atoms with Crippen molar-refractivity contribution >= 4 is 12.1 Å². The summed E-state index contributed by atoms with van der Waals surface area (Å²) in [4.78, 5) is 12.0. The second-order valence-corrected chi connectivity index (χ2v) is 5.13. The summed E-state index contributed by atoms with van der Waals surface area (Å²) >= 11 is 0. The van der Waals surface area contributed by atoms with E-state index in [-0.39, 0.29) is 19.1 Å². The lowest BCUT2D eigenvalue weighted by atomic mass is 10.1. The third-order valence-corrected chi connectivity index (χ3v) is 3.41. The van der Waals surface area contributed by atoms with Crippen LogP contribution in [0.2, 0.25) is 0 Å². The van der Waals surface area contributed by atoms with Crippen molar-refractivity contribution in [2.45, 2.75) is 13.3 Å². The average molecular weight is 326 g/mol. The second kappa shape index (κ2) is 7.50. The van der Waals surface area contributed by atoms with Gasteiger partial charge in [0.15, 0.2) is 11.5 Å². The summed E-state index contributed by atoms with van der Waals surface area (Å²) in [7, 11) is 0. The van der Waals surface area contributed by atoms with Gasteiger partial charge >= 0.3 is 0 Å². The van der Waals surface area contributed by atoms with E-state index >= 15 is 0 Å². The van der Waals surface area contributed by atoms with E-state index in [0.29, 0.717) is 18.1 Å². The van der Waals surface area contributed by atoms with E-state index in [0.717, 1.165) is 16.9 Å². The molecule has 6 nitrogen and oxygen atoms in total. The molecule has 1 aliphatic heterocycles. The molecule has 0 saturated carbocycles. The Morgan fingerprint density at radius 2 is 2.08 bits per heavy atom. The lowest BCUT2D eigenvalue weighted by Gasteiger charge is -2.06. The second-order valence-electron chi connectivity index (χ2n) is 5.13. The molecule has 2 aromatic carbocycles. The van der Waals surface area contributed by atoms with Crippen molar-refractivity contribution in [2.75, 3.05) is 13.4 Å². The number of nitrogens with zero attached hydrogens (tertiary/aromatic N) is 1. The molecule has 24 heavy (non-hydrogen) atoms. The van der Waals surface area contributed by atoms with Gasteiger partial charge in [-0.1, -0.05) is 18.2 Å². The van der Waals surface area contributed by atoms with Crippen LogP contribution < -0.4 is 19.6 Å². The Hall–Kier alpha value is -3.02. The molecule has 0 aliphatic carbocycles. The van der Waals surface area contributed by atoms with Gasteiger partial charge in [0.25, 0.3) is 0 Å². The Labute approximate surface area is 140 Å². The normalized spacial score (nSPS) is 12.4. The fraction of sp³-hybridized carbons (Fsp3) is 0.222. The first kappa shape index (κ1) is 15.9. The maximum absolute atomic E-state index is 12.0. The van der Waals surface area contributed by atoms with Gasteiger partial charge in [0.05, 0.1) is 19.2 Å². The number of amides is 1. The fourth-order valence-electron chi connectivity index (χ4n) is 2.32. The molecule has 1 N–H and O–H groups in total. The highest BCUT2D eigenvalue weighted by molar-refractivity contribution is 5.85. The highest BCUT2D eigenvalue weighted by atomic mass is 16.7. The van der Waals surface area contributed by atoms with Crippen LogP contribution in [0.4, 0.5) is 0 Å². The van der Waals surface area contributed by atoms with Gasteiger partial charge in [-0.15, -0.1) is 0 Å². The average Bonchev–Trinajstić information content (AvgIpc) is 3.04. The topological polar surface area (TPSA) is 69.2 Å². The Kier molecular flexibility index (Phi) is 4.96. The number of carbonyl (C=O) groups excluding carboxylic acids is 1. The van der Waals surface area contributed by atoms with Crippen molar-refractivity contribution in [1.29, 1.82) is 0 Å². The smallest absolute Gasteiger partial charge is 0.244 e. The number of benzene rings is 2. The van der Waals surface area contributed by atoms with Crippen LogP contribution in [0, 0.1) is 0 Å². The molecule has 0 aromatic heterocycles. The van der Waals surface area contributed by atoms with Crippen LogP contribution in [0.5, 0.6) is 17.2 Å². The zero-order chi connectivity index (χ0) is 16.8. The Bertz CT molecular complexity index is 758. The van der Waals surface area contributed by atoms with E-state index in [1.165, 1.54) is 0 Å². The molecule has 1 heterocycles. The van der Waals surface area contributed by atoms with Crippen LogP contribution in [0.25, 0.3) is 0 Å². The third-order valence-electron chi connectivity index (χ3n) is 3.41. The van der Waals surface area contributed by atoms with Crippen LogP contribution in [-0.4, -0.2) is 25.5 Å². The predicted octanol–water partition coefficient (Wildman–Crippen LogP) is 2.51. The van der Waals surface area contributed by atoms with Crippen molar-refractivity contribution in [3.63, 3.8) is 0 Å². The van der Waals surface area contributed by atoms with Crippen LogP contribution in [0.3, 0.4) is 0 Å². The molecule has 0 radical (unpaired) electrons. The van der Waals surface area contributed by atoms with Gasteiger partial charge in [-0.05, 0) is 36.8 Å². The number of carbonyl (C=O) groups is 1. The number of nitrogens with one attached hydrogen (secondary N) is 1. The van der Waals surface area contributed by atoms with Gasteiger partial charge in [0, 0.05) is 5.56 Å². The summed E-state index contributed by atoms with van der Waals surface area (Å²) in [5.74, 6) is 1.88.